The van der Waals surface area contributed by atoms with Gasteiger partial charge in [-0.3, -0.25) is 0 Å². The van der Waals surface area contributed by atoms with Gasteiger partial charge in [-0.25, -0.2) is 4.98 Å². The van der Waals surface area contributed by atoms with Crippen molar-refractivity contribution in [3.63, 3.8) is 0 Å². The Bertz CT molecular complexity index is 1460. The second kappa shape index (κ2) is 5.90. The highest BCUT2D eigenvalue weighted by molar-refractivity contribution is 6.13. The molecule has 0 unspecified atom stereocenters. The Morgan fingerprint density at radius 3 is 1.68 bits per heavy atom. The molecule has 28 heavy (non-hydrogen) atoms. The number of pyridine rings is 1. The summed E-state index contributed by atoms with van der Waals surface area (Å²) in [5.74, 6) is 0. The predicted molar refractivity (Wildman–Crippen MR) is 120 cm³/mol. The van der Waals surface area contributed by atoms with Gasteiger partial charge in [0.15, 0.2) is 0 Å². The van der Waals surface area contributed by atoms with Crippen molar-refractivity contribution in [2.75, 3.05) is 0 Å². The van der Waals surface area contributed by atoms with E-state index >= 15 is 0 Å². The SMILES string of the molecule is c1ccc2c(-c3ccc4ccc5ccccc5c4n3)c3ccccc3cc2c1. The van der Waals surface area contributed by atoms with E-state index < -0.39 is 0 Å². The Balaban J connectivity index is 1.77. The van der Waals surface area contributed by atoms with Crippen LogP contribution in [0.1, 0.15) is 0 Å². The molecule has 0 bridgehead atoms. The molecule has 5 aromatic carbocycles. The first-order valence-electron chi connectivity index (χ1n) is 9.58. The van der Waals surface area contributed by atoms with Gasteiger partial charge in [0.2, 0.25) is 0 Å². The Kier molecular flexibility index (Phi) is 3.24. The van der Waals surface area contributed by atoms with Crippen LogP contribution in [0.25, 0.3) is 54.5 Å². The van der Waals surface area contributed by atoms with Crippen LogP contribution in [0, 0.1) is 0 Å². The van der Waals surface area contributed by atoms with E-state index in [0.29, 0.717) is 0 Å². The molecule has 6 rings (SSSR count). The Morgan fingerprint density at radius 1 is 0.429 bits per heavy atom. The average molecular weight is 355 g/mol. The minimum atomic E-state index is 1.02. The molecule has 0 radical (unpaired) electrons. The highest BCUT2D eigenvalue weighted by atomic mass is 14.7. The van der Waals surface area contributed by atoms with Crippen molar-refractivity contribution in [2.24, 2.45) is 0 Å². The highest BCUT2D eigenvalue weighted by Gasteiger charge is 2.12. The monoisotopic (exact) mass is 355 g/mol. The summed E-state index contributed by atoms with van der Waals surface area (Å²) >= 11 is 0. The van der Waals surface area contributed by atoms with Gasteiger partial charge in [-0.2, -0.15) is 0 Å². The van der Waals surface area contributed by atoms with Gasteiger partial charge in [-0.1, -0.05) is 91.0 Å². The van der Waals surface area contributed by atoms with Gasteiger partial charge in [-0.05, 0) is 39.1 Å². The molecule has 0 N–H and O–H groups in total. The van der Waals surface area contributed by atoms with Crippen molar-refractivity contribution >= 4 is 43.2 Å². The molecule has 0 amide bonds. The smallest absolute Gasteiger partial charge is 0.0787 e. The lowest BCUT2D eigenvalue weighted by atomic mass is 9.94. The molecular formula is C27H17N. The first kappa shape index (κ1) is 15.4. The fourth-order valence-corrected chi connectivity index (χ4v) is 4.29. The van der Waals surface area contributed by atoms with E-state index in [1.165, 1.54) is 43.3 Å². The molecule has 0 fully saturated rings. The summed E-state index contributed by atoms with van der Waals surface area (Å²) in [4.78, 5) is 5.17. The van der Waals surface area contributed by atoms with E-state index in [9.17, 15) is 0 Å². The van der Waals surface area contributed by atoms with Crippen LogP contribution >= 0.6 is 0 Å². The molecule has 1 heteroatoms. The van der Waals surface area contributed by atoms with Crippen molar-refractivity contribution < 1.29 is 0 Å². The summed E-state index contributed by atoms with van der Waals surface area (Å²) in [7, 11) is 0. The minimum Gasteiger partial charge on any atom is -0.247 e. The molecule has 1 nitrogen and oxygen atoms in total. The average Bonchev–Trinajstić information content (AvgIpc) is 2.77. The zero-order valence-electron chi connectivity index (χ0n) is 15.3. The Labute approximate surface area is 162 Å². The standard InChI is InChI=1S/C27H17N/c1-6-12-24-18(7-1)13-14-19-15-16-25(28-27(19)24)26-22-10-4-2-8-20(22)17-21-9-3-5-11-23(21)26/h1-17H. The summed E-state index contributed by atoms with van der Waals surface area (Å²) in [5, 5.41) is 8.58. The number of benzene rings is 5. The van der Waals surface area contributed by atoms with E-state index in [4.69, 9.17) is 4.98 Å². The summed E-state index contributed by atoms with van der Waals surface area (Å²) in [5.41, 5.74) is 3.30. The normalized spacial score (nSPS) is 11.6. The number of hydrogen-bond donors (Lipinski definition) is 0. The number of fused-ring (bicyclic) bond motifs is 5. The lowest BCUT2D eigenvalue weighted by Gasteiger charge is -2.12. The molecule has 0 aliphatic carbocycles. The van der Waals surface area contributed by atoms with Crippen molar-refractivity contribution in [3.8, 4) is 11.3 Å². The molecular weight excluding hydrogens is 338 g/mol. The van der Waals surface area contributed by atoms with Gasteiger partial charge in [0.05, 0.1) is 11.2 Å². The Hall–Kier alpha value is -3.71. The van der Waals surface area contributed by atoms with Crippen LogP contribution in [0.4, 0.5) is 0 Å². The number of rotatable bonds is 1. The number of aromatic nitrogens is 1. The molecule has 0 saturated carbocycles. The molecule has 1 aromatic heterocycles. The maximum Gasteiger partial charge on any atom is 0.0787 e. The summed E-state index contributed by atoms with van der Waals surface area (Å²) in [6.45, 7) is 0. The van der Waals surface area contributed by atoms with E-state index in [0.717, 1.165) is 11.2 Å². The lowest BCUT2D eigenvalue weighted by Crippen LogP contribution is -1.90. The van der Waals surface area contributed by atoms with Gasteiger partial charge in [0.25, 0.3) is 0 Å². The fraction of sp³-hybridized carbons (Fsp3) is 0. The van der Waals surface area contributed by atoms with Crippen molar-refractivity contribution in [1.29, 1.82) is 0 Å². The third kappa shape index (κ3) is 2.23. The minimum absolute atomic E-state index is 1.02. The predicted octanol–water partition coefficient (Wildman–Crippen LogP) is 7.36. The van der Waals surface area contributed by atoms with Gasteiger partial charge >= 0.3 is 0 Å². The zero-order valence-corrected chi connectivity index (χ0v) is 15.3. The second-order valence-electron chi connectivity index (χ2n) is 7.25. The molecule has 0 saturated heterocycles. The van der Waals surface area contributed by atoms with Crippen molar-refractivity contribution in [2.45, 2.75) is 0 Å². The number of hydrogen-bond acceptors (Lipinski definition) is 1. The molecule has 1 heterocycles. The maximum atomic E-state index is 5.17. The lowest BCUT2D eigenvalue weighted by molar-refractivity contribution is 1.43. The topological polar surface area (TPSA) is 12.9 Å². The maximum absolute atomic E-state index is 5.17. The summed E-state index contributed by atoms with van der Waals surface area (Å²) in [6, 6.07) is 36.6. The van der Waals surface area contributed by atoms with E-state index in [2.05, 4.69) is 103 Å². The largest absolute Gasteiger partial charge is 0.247 e. The van der Waals surface area contributed by atoms with Crippen LogP contribution in [0.2, 0.25) is 0 Å². The summed E-state index contributed by atoms with van der Waals surface area (Å²) in [6.07, 6.45) is 0. The van der Waals surface area contributed by atoms with Crippen LogP contribution in [0.15, 0.2) is 103 Å². The van der Waals surface area contributed by atoms with Gasteiger partial charge in [-0.15, -0.1) is 0 Å². The molecule has 130 valence electrons. The van der Waals surface area contributed by atoms with Crippen LogP contribution in [-0.2, 0) is 0 Å². The van der Waals surface area contributed by atoms with E-state index in [-0.39, 0.29) is 0 Å². The van der Waals surface area contributed by atoms with Crippen molar-refractivity contribution in [1.82, 2.24) is 4.98 Å². The quantitative estimate of drug-likeness (QED) is 0.222. The van der Waals surface area contributed by atoms with E-state index in [1.54, 1.807) is 0 Å². The van der Waals surface area contributed by atoms with Gasteiger partial charge in [0, 0.05) is 16.3 Å². The van der Waals surface area contributed by atoms with Crippen LogP contribution in [0.5, 0.6) is 0 Å². The Morgan fingerprint density at radius 2 is 0.964 bits per heavy atom. The van der Waals surface area contributed by atoms with Crippen molar-refractivity contribution in [3.05, 3.63) is 103 Å². The zero-order chi connectivity index (χ0) is 18.5. The number of nitrogens with zero attached hydrogens (tertiary/aromatic N) is 1. The first-order valence-corrected chi connectivity index (χ1v) is 9.58. The fourth-order valence-electron chi connectivity index (χ4n) is 4.29. The molecule has 6 aromatic rings. The molecule has 0 aliphatic heterocycles. The first-order chi connectivity index (χ1) is 13.9. The molecule has 0 spiro atoms. The third-order valence-electron chi connectivity index (χ3n) is 5.61. The molecule has 0 aliphatic rings. The van der Waals surface area contributed by atoms with Crippen LogP contribution < -0.4 is 0 Å². The summed E-state index contributed by atoms with van der Waals surface area (Å²) < 4.78 is 0. The van der Waals surface area contributed by atoms with Gasteiger partial charge in [0.1, 0.15) is 0 Å². The van der Waals surface area contributed by atoms with Crippen LogP contribution in [-0.4, -0.2) is 4.98 Å². The van der Waals surface area contributed by atoms with Crippen LogP contribution in [0.3, 0.4) is 0 Å². The third-order valence-corrected chi connectivity index (χ3v) is 5.61. The van der Waals surface area contributed by atoms with Gasteiger partial charge < -0.3 is 0 Å². The highest BCUT2D eigenvalue weighted by Crippen LogP contribution is 2.36. The second-order valence-corrected chi connectivity index (χ2v) is 7.25. The molecule has 0 atom stereocenters. The van der Waals surface area contributed by atoms with E-state index in [1.807, 2.05) is 0 Å².